The highest BCUT2D eigenvalue weighted by Gasteiger charge is 2.05. The SMILES string of the molecule is COc1ccc(COc2ccc(CCC(C)N(C)C)cc2)cc1.Cl. The van der Waals surface area contributed by atoms with Gasteiger partial charge in [-0.1, -0.05) is 24.3 Å². The van der Waals surface area contributed by atoms with E-state index in [1.165, 1.54) is 12.0 Å². The second kappa shape index (κ2) is 10.2. The fourth-order valence-electron chi connectivity index (χ4n) is 2.27. The summed E-state index contributed by atoms with van der Waals surface area (Å²) in [6.07, 6.45) is 2.26. The minimum Gasteiger partial charge on any atom is -0.497 e. The van der Waals surface area contributed by atoms with Crippen LogP contribution < -0.4 is 9.47 Å². The zero-order valence-corrected chi connectivity index (χ0v) is 15.8. The third kappa shape index (κ3) is 6.42. The number of methoxy groups -OCH3 is 1. The number of ether oxygens (including phenoxy) is 2. The molecular weight excluding hydrogens is 322 g/mol. The first-order valence-electron chi connectivity index (χ1n) is 8.09. The van der Waals surface area contributed by atoms with E-state index >= 15 is 0 Å². The molecular formula is C20H28ClNO2. The van der Waals surface area contributed by atoms with Gasteiger partial charge in [0, 0.05) is 6.04 Å². The van der Waals surface area contributed by atoms with Crippen LogP contribution in [0, 0.1) is 0 Å². The lowest BCUT2D eigenvalue weighted by Crippen LogP contribution is -2.24. The molecule has 0 amide bonds. The van der Waals surface area contributed by atoms with E-state index < -0.39 is 0 Å². The average molecular weight is 350 g/mol. The van der Waals surface area contributed by atoms with Gasteiger partial charge < -0.3 is 14.4 Å². The Hall–Kier alpha value is -1.71. The van der Waals surface area contributed by atoms with Gasteiger partial charge in [-0.3, -0.25) is 0 Å². The lowest BCUT2D eigenvalue weighted by atomic mass is 10.1. The highest BCUT2D eigenvalue weighted by molar-refractivity contribution is 5.85. The van der Waals surface area contributed by atoms with Gasteiger partial charge in [-0.2, -0.15) is 0 Å². The van der Waals surface area contributed by atoms with Gasteiger partial charge >= 0.3 is 0 Å². The molecule has 0 aliphatic rings. The molecule has 2 aromatic carbocycles. The molecule has 4 heteroatoms. The molecule has 0 aromatic heterocycles. The standard InChI is InChI=1S/C20H27NO2.ClH/c1-16(21(2)3)5-6-17-7-13-20(14-8-17)23-15-18-9-11-19(22-4)12-10-18;/h7-14,16H,5-6,15H2,1-4H3;1H. The summed E-state index contributed by atoms with van der Waals surface area (Å²) in [6, 6.07) is 17.0. The first-order chi connectivity index (χ1) is 11.1. The Labute approximate surface area is 152 Å². The van der Waals surface area contributed by atoms with E-state index in [1.807, 2.05) is 24.3 Å². The van der Waals surface area contributed by atoms with Gasteiger partial charge in [-0.05, 0) is 69.3 Å². The van der Waals surface area contributed by atoms with Crippen LogP contribution in [-0.2, 0) is 13.0 Å². The van der Waals surface area contributed by atoms with E-state index in [-0.39, 0.29) is 12.4 Å². The van der Waals surface area contributed by atoms with Crippen LogP contribution >= 0.6 is 12.4 Å². The van der Waals surface area contributed by atoms with Crippen molar-refractivity contribution in [3.05, 3.63) is 59.7 Å². The van der Waals surface area contributed by atoms with E-state index in [0.717, 1.165) is 23.5 Å². The summed E-state index contributed by atoms with van der Waals surface area (Å²) in [5, 5.41) is 0. The van der Waals surface area contributed by atoms with Crippen molar-refractivity contribution in [3.63, 3.8) is 0 Å². The van der Waals surface area contributed by atoms with E-state index in [1.54, 1.807) is 7.11 Å². The van der Waals surface area contributed by atoms with Gasteiger partial charge in [0.1, 0.15) is 18.1 Å². The smallest absolute Gasteiger partial charge is 0.119 e. The highest BCUT2D eigenvalue weighted by Crippen LogP contribution is 2.17. The van der Waals surface area contributed by atoms with E-state index in [9.17, 15) is 0 Å². The Morgan fingerprint density at radius 1 is 0.875 bits per heavy atom. The number of hydrogen-bond donors (Lipinski definition) is 0. The topological polar surface area (TPSA) is 21.7 Å². The molecule has 132 valence electrons. The molecule has 0 heterocycles. The molecule has 0 spiro atoms. The van der Waals surface area contributed by atoms with Crippen LogP contribution in [-0.4, -0.2) is 32.1 Å². The summed E-state index contributed by atoms with van der Waals surface area (Å²) in [7, 11) is 5.92. The molecule has 2 rings (SSSR count). The predicted molar refractivity (Wildman–Crippen MR) is 102 cm³/mol. The van der Waals surface area contributed by atoms with Crippen molar-refractivity contribution in [1.82, 2.24) is 4.90 Å². The lowest BCUT2D eigenvalue weighted by molar-refractivity contribution is 0.298. The Balaban J connectivity index is 0.00000288. The molecule has 0 bridgehead atoms. The van der Waals surface area contributed by atoms with Crippen LogP contribution in [0.15, 0.2) is 48.5 Å². The van der Waals surface area contributed by atoms with Crippen molar-refractivity contribution in [2.75, 3.05) is 21.2 Å². The van der Waals surface area contributed by atoms with E-state index in [4.69, 9.17) is 9.47 Å². The van der Waals surface area contributed by atoms with Crippen LogP contribution in [0.2, 0.25) is 0 Å². The van der Waals surface area contributed by atoms with Crippen LogP contribution in [0.25, 0.3) is 0 Å². The largest absolute Gasteiger partial charge is 0.497 e. The first kappa shape index (κ1) is 20.3. The maximum Gasteiger partial charge on any atom is 0.119 e. The highest BCUT2D eigenvalue weighted by atomic mass is 35.5. The number of benzene rings is 2. The summed E-state index contributed by atoms with van der Waals surface area (Å²) in [4.78, 5) is 2.26. The summed E-state index contributed by atoms with van der Waals surface area (Å²) in [5.74, 6) is 1.77. The van der Waals surface area contributed by atoms with Crippen LogP contribution in [0.5, 0.6) is 11.5 Å². The monoisotopic (exact) mass is 349 g/mol. The van der Waals surface area contributed by atoms with Gasteiger partial charge in [0.2, 0.25) is 0 Å². The van der Waals surface area contributed by atoms with Gasteiger partial charge in [0.25, 0.3) is 0 Å². The minimum absolute atomic E-state index is 0. The molecule has 1 atom stereocenters. The van der Waals surface area contributed by atoms with Crippen LogP contribution in [0.4, 0.5) is 0 Å². The van der Waals surface area contributed by atoms with Gasteiger partial charge in [0.05, 0.1) is 7.11 Å². The first-order valence-corrected chi connectivity index (χ1v) is 8.09. The maximum atomic E-state index is 5.84. The molecule has 3 nitrogen and oxygen atoms in total. The summed E-state index contributed by atoms with van der Waals surface area (Å²) >= 11 is 0. The van der Waals surface area contributed by atoms with Gasteiger partial charge in [0.15, 0.2) is 0 Å². The number of rotatable bonds is 8. The molecule has 0 fully saturated rings. The fraction of sp³-hybridized carbons (Fsp3) is 0.400. The number of aryl methyl sites for hydroxylation is 1. The minimum atomic E-state index is 0. The second-order valence-corrected chi connectivity index (χ2v) is 6.13. The van der Waals surface area contributed by atoms with E-state index in [2.05, 4.69) is 50.2 Å². The zero-order valence-electron chi connectivity index (χ0n) is 15.0. The normalized spacial score (nSPS) is 11.7. The molecule has 0 saturated carbocycles. The Kier molecular flexibility index (Phi) is 8.66. The Morgan fingerprint density at radius 3 is 1.96 bits per heavy atom. The molecule has 0 aliphatic heterocycles. The summed E-state index contributed by atoms with van der Waals surface area (Å²) in [6.45, 7) is 2.83. The van der Waals surface area contributed by atoms with Crippen molar-refractivity contribution < 1.29 is 9.47 Å². The van der Waals surface area contributed by atoms with Crippen molar-refractivity contribution in [1.29, 1.82) is 0 Å². The Morgan fingerprint density at radius 2 is 1.42 bits per heavy atom. The quantitative estimate of drug-likeness (QED) is 0.696. The van der Waals surface area contributed by atoms with Crippen LogP contribution in [0.3, 0.4) is 0 Å². The van der Waals surface area contributed by atoms with Crippen molar-refractivity contribution >= 4 is 12.4 Å². The average Bonchev–Trinajstić information content (AvgIpc) is 2.59. The summed E-state index contributed by atoms with van der Waals surface area (Å²) in [5.41, 5.74) is 2.49. The lowest BCUT2D eigenvalue weighted by Gasteiger charge is -2.19. The van der Waals surface area contributed by atoms with Crippen molar-refractivity contribution in [3.8, 4) is 11.5 Å². The predicted octanol–water partition coefficient (Wildman–Crippen LogP) is 4.58. The molecule has 0 radical (unpaired) electrons. The molecule has 24 heavy (non-hydrogen) atoms. The molecule has 1 unspecified atom stereocenters. The number of nitrogens with zero attached hydrogens (tertiary/aromatic N) is 1. The molecule has 0 N–H and O–H groups in total. The molecule has 0 saturated heterocycles. The zero-order chi connectivity index (χ0) is 16.7. The number of hydrogen-bond acceptors (Lipinski definition) is 3. The molecule has 0 aliphatic carbocycles. The number of halogens is 1. The Bertz CT molecular complexity index is 582. The third-order valence-electron chi connectivity index (χ3n) is 4.22. The fourth-order valence-corrected chi connectivity index (χ4v) is 2.27. The third-order valence-corrected chi connectivity index (χ3v) is 4.22. The summed E-state index contributed by atoms with van der Waals surface area (Å²) < 4.78 is 11.0. The van der Waals surface area contributed by atoms with Gasteiger partial charge in [-0.15, -0.1) is 12.4 Å². The molecule has 2 aromatic rings. The van der Waals surface area contributed by atoms with Crippen LogP contribution in [0.1, 0.15) is 24.5 Å². The van der Waals surface area contributed by atoms with Crippen molar-refractivity contribution in [2.24, 2.45) is 0 Å². The van der Waals surface area contributed by atoms with Gasteiger partial charge in [-0.25, -0.2) is 0 Å². The van der Waals surface area contributed by atoms with Crippen molar-refractivity contribution in [2.45, 2.75) is 32.4 Å². The van der Waals surface area contributed by atoms with E-state index in [0.29, 0.717) is 12.6 Å². The second-order valence-electron chi connectivity index (χ2n) is 6.13. The maximum absolute atomic E-state index is 5.84.